The summed E-state index contributed by atoms with van der Waals surface area (Å²) in [4.78, 5) is 25.7. The Kier molecular flexibility index (Phi) is 6.82. The molecule has 0 saturated heterocycles. The average Bonchev–Trinajstić information content (AvgIpc) is 2.62. The van der Waals surface area contributed by atoms with Gasteiger partial charge in [0.05, 0.1) is 13.2 Å². The number of rotatable bonds is 7. The van der Waals surface area contributed by atoms with Crippen molar-refractivity contribution in [1.29, 1.82) is 0 Å². The third-order valence-corrected chi connectivity index (χ3v) is 3.96. The second kappa shape index (κ2) is 9.07. The van der Waals surface area contributed by atoms with E-state index in [2.05, 4.69) is 6.58 Å². The number of ether oxygens (including phenoxy) is 1. The molecule has 2 aromatic rings. The number of carbonyl (C=O) groups excluding carboxylic acids is 2. The first-order valence-corrected chi connectivity index (χ1v) is 8.47. The molecule has 2 rings (SSSR count). The number of halogens is 2. The van der Waals surface area contributed by atoms with E-state index < -0.39 is 24.1 Å². The summed E-state index contributed by atoms with van der Waals surface area (Å²) in [7, 11) is 0. The van der Waals surface area contributed by atoms with Crippen LogP contribution in [-0.2, 0) is 14.3 Å². The zero-order valence-electron chi connectivity index (χ0n) is 15.3. The van der Waals surface area contributed by atoms with E-state index in [1.54, 1.807) is 26.0 Å². The molecule has 0 spiro atoms. The van der Waals surface area contributed by atoms with E-state index in [0.717, 1.165) is 0 Å². The molecule has 0 bridgehead atoms. The highest BCUT2D eigenvalue weighted by Crippen LogP contribution is 2.22. The molecule has 0 heterocycles. The zero-order valence-corrected chi connectivity index (χ0v) is 15.3. The number of anilines is 1. The molecule has 0 N–H and O–H groups in total. The Morgan fingerprint density at radius 2 is 1.78 bits per heavy atom. The number of nitrogens with zero attached hydrogens (tertiary/aromatic N) is 1. The number of amides is 1. The molecule has 0 fully saturated rings. The number of aryl methyl sites for hydroxylation is 1. The summed E-state index contributed by atoms with van der Waals surface area (Å²) in [6, 6.07) is 9.89. The lowest BCUT2D eigenvalue weighted by atomic mass is 10.0. The third kappa shape index (κ3) is 5.48. The molecule has 0 atom stereocenters. The van der Waals surface area contributed by atoms with Crippen LogP contribution in [0.2, 0.25) is 0 Å². The van der Waals surface area contributed by atoms with Crippen LogP contribution in [0.5, 0.6) is 0 Å². The zero-order chi connectivity index (χ0) is 20.0. The van der Waals surface area contributed by atoms with Gasteiger partial charge in [0.2, 0.25) is 5.91 Å². The van der Waals surface area contributed by atoms with Crippen molar-refractivity contribution in [1.82, 2.24) is 0 Å². The maximum atomic E-state index is 13.5. The maximum absolute atomic E-state index is 13.5. The average molecular weight is 373 g/mol. The molecule has 0 radical (unpaired) electrons. The van der Waals surface area contributed by atoms with Crippen LogP contribution in [0.4, 0.5) is 14.5 Å². The number of hydrogen-bond donors (Lipinski definition) is 0. The Labute approximate surface area is 157 Å². The molecule has 0 aliphatic rings. The van der Waals surface area contributed by atoms with E-state index in [1.165, 1.54) is 35.2 Å². The monoisotopic (exact) mass is 373 g/mol. The molecule has 142 valence electrons. The van der Waals surface area contributed by atoms with E-state index in [4.69, 9.17) is 4.74 Å². The minimum Gasteiger partial charge on any atom is -0.466 e. The number of hydrogen-bond acceptors (Lipinski definition) is 3. The van der Waals surface area contributed by atoms with Gasteiger partial charge in [-0.2, -0.15) is 0 Å². The van der Waals surface area contributed by atoms with Gasteiger partial charge in [0.1, 0.15) is 18.1 Å². The molecule has 27 heavy (non-hydrogen) atoms. The highest BCUT2D eigenvalue weighted by molar-refractivity contribution is 6.04. The van der Waals surface area contributed by atoms with Gasteiger partial charge in [-0.15, -0.1) is 0 Å². The van der Waals surface area contributed by atoms with Crippen LogP contribution < -0.4 is 4.90 Å². The summed E-state index contributed by atoms with van der Waals surface area (Å²) < 4.78 is 31.6. The molecule has 0 unspecified atom stereocenters. The van der Waals surface area contributed by atoms with Crippen molar-refractivity contribution in [2.45, 2.75) is 20.3 Å². The van der Waals surface area contributed by atoms with Gasteiger partial charge >= 0.3 is 5.97 Å². The van der Waals surface area contributed by atoms with E-state index >= 15 is 0 Å². The van der Waals surface area contributed by atoms with Gasteiger partial charge in [-0.1, -0.05) is 12.6 Å². The van der Waals surface area contributed by atoms with Gasteiger partial charge in [0.25, 0.3) is 0 Å². The lowest BCUT2D eigenvalue weighted by Crippen LogP contribution is -2.34. The molecular formula is C21H21F2NO3. The fourth-order valence-electron chi connectivity index (χ4n) is 2.52. The molecule has 4 nitrogen and oxygen atoms in total. The summed E-state index contributed by atoms with van der Waals surface area (Å²) in [5, 5.41) is 0. The van der Waals surface area contributed by atoms with Crippen molar-refractivity contribution in [2.75, 3.05) is 18.1 Å². The largest absolute Gasteiger partial charge is 0.466 e. The van der Waals surface area contributed by atoms with Crippen LogP contribution in [0, 0.1) is 18.6 Å². The molecule has 0 aromatic heterocycles. The van der Waals surface area contributed by atoms with Crippen molar-refractivity contribution >= 4 is 23.1 Å². The van der Waals surface area contributed by atoms with Gasteiger partial charge in [0.15, 0.2) is 0 Å². The smallest absolute Gasteiger partial charge is 0.315 e. The summed E-state index contributed by atoms with van der Waals surface area (Å²) in [5.41, 5.74) is 2.11. The first-order valence-electron chi connectivity index (χ1n) is 8.47. The molecule has 1 amide bonds. The predicted octanol–water partition coefficient (Wildman–Crippen LogP) is 4.27. The minimum atomic E-state index is -0.641. The second-order valence-corrected chi connectivity index (χ2v) is 6.01. The molecule has 0 aliphatic heterocycles. The van der Waals surface area contributed by atoms with Crippen LogP contribution in [0.1, 0.15) is 24.5 Å². The standard InChI is InChI=1S/C21H21F2NO3/c1-4-27-21(26)12-20(25)24(18-8-6-17(22)7-9-18)13-15(3)16-5-10-19(23)14(2)11-16/h5-11H,3-4,12-13H2,1-2H3. The van der Waals surface area contributed by atoms with Crippen LogP contribution >= 0.6 is 0 Å². The predicted molar refractivity (Wildman–Crippen MR) is 100 cm³/mol. The van der Waals surface area contributed by atoms with E-state index in [1.807, 2.05) is 0 Å². The maximum Gasteiger partial charge on any atom is 0.315 e. The quantitative estimate of drug-likeness (QED) is 0.538. The minimum absolute atomic E-state index is 0.0644. The summed E-state index contributed by atoms with van der Waals surface area (Å²) >= 11 is 0. The van der Waals surface area contributed by atoms with Crippen molar-refractivity contribution in [3.8, 4) is 0 Å². The Morgan fingerprint density at radius 1 is 1.11 bits per heavy atom. The van der Waals surface area contributed by atoms with Gasteiger partial charge in [-0.25, -0.2) is 8.78 Å². The van der Waals surface area contributed by atoms with Crippen molar-refractivity contribution in [3.05, 3.63) is 71.8 Å². The van der Waals surface area contributed by atoms with Crippen molar-refractivity contribution in [3.63, 3.8) is 0 Å². The first-order chi connectivity index (χ1) is 12.8. The summed E-state index contributed by atoms with van der Waals surface area (Å²) in [6.45, 7) is 7.49. The highest BCUT2D eigenvalue weighted by Gasteiger charge is 2.21. The molecule has 2 aromatic carbocycles. The topological polar surface area (TPSA) is 46.6 Å². The number of benzene rings is 2. The Balaban J connectivity index is 2.26. The van der Waals surface area contributed by atoms with E-state index in [0.29, 0.717) is 22.4 Å². The highest BCUT2D eigenvalue weighted by atomic mass is 19.1. The van der Waals surface area contributed by atoms with E-state index in [9.17, 15) is 18.4 Å². The number of esters is 1. The van der Waals surface area contributed by atoms with Gasteiger partial charge < -0.3 is 9.64 Å². The first kappa shape index (κ1) is 20.3. The fraction of sp³-hybridized carbons (Fsp3) is 0.238. The molecule has 6 heteroatoms. The second-order valence-electron chi connectivity index (χ2n) is 6.01. The van der Waals surface area contributed by atoms with Crippen LogP contribution in [0.25, 0.3) is 5.57 Å². The molecular weight excluding hydrogens is 352 g/mol. The van der Waals surface area contributed by atoms with Crippen LogP contribution in [0.15, 0.2) is 49.0 Å². The number of carbonyl (C=O) groups is 2. The van der Waals surface area contributed by atoms with Crippen LogP contribution in [0.3, 0.4) is 0 Å². The summed E-state index contributed by atoms with van der Waals surface area (Å²) in [6.07, 6.45) is -0.444. The Hall–Kier alpha value is -3.02. The normalized spacial score (nSPS) is 10.4. The van der Waals surface area contributed by atoms with Crippen LogP contribution in [-0.4, -0.2) is 25.0 Å². The van der Waals surface area contributed by atoms with Crippen molar-refractivity contribution in [2.24, 2.45) is 0 Å². The van der Waals surface area contributed by atoms with Gasteiger partial charge in [0, 0.05) is 5.69 Å². The van der Waals surface area contributed by atoms with Gasteiger partial charge in [-0.3, -0.25) is 9.59 Å². The molecule has 0 aliphatic carbocycles. The molecule has 0 saturated carbocycles. The van der Waals surface area contributed by atoms with Gasteiger partial charge in [-0.05, 0) is 66.9 Å². The van der Waals surface area contributed by atoms with Crippen molar-refractivity contribution < 1.29 is 23.1 Å². The third-order valence-electron chi connectivity index (χ3n) is 3.96. The summed E-state index contributed by atoms with van der Waals surface area (Å²) in [5.74, 6) is -1.91. The lowest BCUT2D eigenvalue weighted by Gasteiger charge is -2.24. The lowest BCUT2D eigenvalue weighted by molar-refractivity contribution is -0.145. The fourth-order valence-corrected chi connectivity index (χ4v) is 2.52. The Morgan fingerprint density at radius 3 is 2.37 bits per heavy atom. The SMILES string of the molecule is C=C(CN(C(=O)CC(=O)OCC)c1ccc(F)cc1)c1ccc(F)c(C)c1. The van der Waals surface area contributed by atoms with E-state index in [-0.39, 0.29) is 19.0 Å². The Bertz CT molecular complexity index is 847.